The summed E-state index contributed by atoms with van der Waals surface area (Å²) in [4.78, 5) is 39.8. The second-order valence-corrected chi connectivity index (χ2v) is 12.8. The average molecular weight is 624 g/mol. The van der Waals surface area contributed by atoms with Gasteiger partial charge in [-0.3, -0.25) is 9.48 Å². The molecule has 0 saturated carbocycles. The van der Waals surface area contributed by atoms with E-state index in [0.717, 1.165) is 43.0 Å². The number of likely N-dealkylation sites (tertiary alicyclic amines) is 1. The summed E-state index contributed by atoms with van der Waals surface area (Å²) in [6.07, 6.45) is 1.57. The number of pyridine rings is 2. The van der Waals surface area contributed by atoms with Crippen molar-refractivity contribution in [2.75, 3.05) is 49.1 Å². The van der Waals surface area contributed by atoms with Crippen LogP contribution in [0.15, 0.2) is 42.9 Å². The number of halogens is 3. The van der Waals surface area contributed by atoms with Crippen molar-refractivity contribution in [3.05, 3.63) is 65.5 Å². The molecule has 1 N–H and O–H groups in total. The Kier molecular flexibility index (Phi) is 6.57. The van der Waals surface area contributed by atoms with E-state index < -0.39 is 23.2 Å². The number of hydrogen-bond acceptors (Lipinski definition) is 8. The maximum atomic E-state index is 13.6. The number of alkyl halides is 3. The number of fused-ring (bicyclic) bond motifs is 1. The summed E-state index contributed by atoms with van der Waals surface area (Å²) >= 11 is 0. The molecule has 7 rings (SSSR count). The molecule has 4 aromatic heterocycles. The topological polar surface area (TPSA) is 125 Å². The summed E-state index contributed by atoms with van der Waals surface area (Å²) in [7, 11) is 0. The number of aryl methyl sites for hydroxylation is 1. The smallest absolute Gasteiger partial charge is 0.419 e. The Bertz CT molecular complexity index is 1820. The van der Waals surface area contributed by atoms with E-state index in [0.29, 0.717) is 50.6 Å². The van der Waals surface area contributed by atoms with Crippen LogP contribution in [0.3, 0.4) is 0 Å². The van der Waals surface area contributed by atoms with E-state index in [4.69, 9.17) is 0 Å². The van der Waals surface area contributed by atoms with Crippen LogP contribution in [0.25, 0.3) is 5.65 Å². The third-order valence-corrected chi connectivity index (χ3v) is 9.52. The molecule has 2 atom stereocenters. The minimum absolute atomic E-state index is 0.00392. The van der Waals surface area contributed by atoms with Crippen LogP contribution < -0.4 is 9.80 Å². The molecule has 15 heteroatoms. The maximum absolute atomic E-state index is 13.6. The molecular formula is C30H32F3N9O3. The number of anilines is 2. The van der Waals surface area contributed by atoms with Gasteiger partial charge in [0.15, 0.2) is 11.3 Å². The first kappa shape index (κ1) is 29.0. The Hall–Kier alpha value is -4.69. The number of carboxylic acids is 1. The first-order valence-corrected chi connectivity index (χ1v) is 14.8. The van der Waals surface area contributed by atoms with Gasteiger partial charge in [-0.1, -0.05) is 6.07 Å². The van der Waals surface area contributed by atoms with Gasteiger partial charge in [-0.15, -0.1) is 5.10 Å². The first-order valence-electron chi connectivity index (χ1n) is 14.8. The Morgan fingerprint density at radius 1 is 0.978 bits per heavy atom. The molecule has 12 nitrogen and oxygen atoms in total. The predicted octanol–water partition coefficient (Wildman–Crippen LogP) is 3.71. The SMILES string of the molecule is Cc1cc(N2CCC(C)(n3cc(C(F)(F)F)cn3)C2)cn2nc(C(=O)N3CC[C@@]4(CCN(c5cccc(C(=O)O)n5)C4)C3)nc12. The number of carbonyl (C=O) groups excluding carboxylic acids is 1. The molecule has 3 aliphatic heterocycles. The summed E-state index contributed by atoms with van der Waals surface area (Å²) < 4.78 is 42.5. The van der Waals surface area contributed by atoms with E-state index in [2.05, 4.69) is 30.0 Å². The lowest BCUT2D eigenvalue weighted by Gasteiger charge is -2.26. The molecule has 7 heterocycles. The van der Waals surface area contributed by atoms with E-state index in [1.807, 2.05) is 26.0 Å². The fourth-order valence-electron chi connectivity index (χ4n) is 6.94. The van der Waals surface area contributed by atoms with Crippen LogP contribution in [-0.2, 0) is 11.7 Å². The van der Waals surface area contributed by atoms with Gasteiger partial charge in [0.25, 0.3) is 5.91 Å². The number of aromatic carboxylic acids is 1. The van der Waals surface area contributed by atoms with Gasteiger partial charge >= 0.3 is 12.1 Å². The molecule has 4 aromatic rings. The monoisotopic (exact) mass is 623 g/mol. The lowest BCUT2D eigenvalue weighted by atomic mass is 9.86. The van der Waals surface area contributed by atoms with Crippen molar-refractivity contribution < 1.29 is 27.9 Å². The van der Waals surface area contributed by atoms with Crippen LogP contribution in [0.4, 0.5) is 24.7 Å². The minimum atomic E-state index is -4.45. The van der Waals surface area contributed by atoms with Crippen molar-refractivity contribution in [2.45, 2.75) is 44.8 Å². The number of aromatic nitrogens is 6. The molecule has 1 unspecified atom stereocenters. The van der Waals surface area contributed by atoms with Gasteiger partial charge in [0.2, 0.25) is 5.82 Å². The van der Waals surface area contributed by atoms with Crippen LogP contribution in [-0.4, -0.2) is 90.5 Å². The third kappa shape index (κ3) is 5.13. The van der Waals surface area contributed by atoms with Crippen molar-refractivity contribution in [3.8, 4) is 0 Å². The van der Waals surface area contributed by atoms with Gasteiger partial charge in [0.1, 0.15) is 5.82 Å². The largest absolute Gasteiger partial charge is 0.477 e. The molecule has 0 radical (unpaired) electrons. The minimum Gasteiger partial charge on any atom is -0.477 e. The highest BCUT2D eigenvalue weighted by Crippen LogP contribution is 2.41. The Morgan fingerprint density at radius 3 is 2.51 bits per heavy atom. The zero-order chi connectivity index (χ0) is 31.7. The number of hydrogen-bond donors (Lipinski definition) is 1. The van der Waals surface area contributed by atoms with Crippen molar-refractivity contribution >= 4 is 29.0 Å². The third-order valence-electron chi connectivity index (χ3n) is 9.52. The fourth-order valence-corrected chi connectivity index (χ4v) is 6.94. The zero-order valence-electron chi connectivity index (χ0n) is 24.8. The molecule has 1 amide bonds. The molecule has 45 heavy (non-hydrogen) atoms. The van der Waals surface area contributed by atoms with Crippen molar-refractivity contribution in [1.29, 1.82) is 0 Å². The van der Waals surface area contributed by atoms with Crippen molar-refractivity contribution in [1.82, 2.24) is 34.3 Å². The van der Waals surface area contributed by atoms with Gasteiger partial charge in [0.05, 0.1) is 29.2 Å². The summed E-state index contributed by atoms with van der Waals surface area (Å²) in [5.74, 6) is -0.574. The van der Waals surface area contributed by atoms with E-state index in [9.17, 15) is 27.9 Å². The highest BCUT2D eigenvalue weighted by molar-refractivity contribution is 5.91. The molecule has 3 saturated heterocycles. The molecule has 0 aliphatic carbocycles. The summed E-state index contributed by atoms with van der Waals surface area (Å²) in [6, 6.07) is 6.93. The van der Waals surface area contributed by atoms with Crippen LogP contribution >= 0.6 is 0 Å². The van der Waals surface area contributed by atoms with E-state index in [1.165, 1.54) is 10.7 Å². The van der Waals surface area contributed by atoms with Gasteiger partial charge in [-0.25, -0.2) is 19.3 Å². The van der Waals surface area contributed by atoms with Crippen LogP contribution in [0.2, 0.25) is 0 Å². The van der Waals surface area contributed by atoms with Crippen LogP contribution in [0.5, 0.6) is 0 Å². The lowest BCUT2D eigenvalue weighted by molar-refractivity contribution is -0.137. The molecule has 3 aliphatic rings. The van der Waals surface area contributed by atoms with Gasteiger partial charge in [-0.2, -0.15) is 18.3 Å². The van der Waals surface area contributed by atoms with E-state index in [1.54, 1.807) is 21.7 Å². The maximum Gasteiger partial charge on any atom is 0.419 e. The second-order valence-electron chi connectivity index (χ2n) is 12.8. The summed E-state index contributed by atoms with van der Waals surface area (Å²) in [6.45, 7) is 7.40. The molecule has 236 valence electrons. The Morgan fingerprint density at radius 2 is 1.76 bits per heavy atom. The lowest BCUT2D eigenvalue weighted by Crippen LogP contribution is -2.34. The highest BCUT2D eigenvalue weighted by Gasteiger charge is 2.46. The molecule has 0 aromatic carbocycles. The van der Waals surface area contributed by atoms with E-state index >= 15 is 0 Å². The van der Waals surface area contributed by atoms with Gasteiger partial charge < -0.3 is 19.8 Å². The highest BCUT2D eigenvalue weighted by atomic mass is 19.4. The molecule has 3 fully saturated rings. The molecule has 0 bridgehead atoms. The fraction of sp³-hybridized carbons (Fsp3) is 0.467. The molecular weight excluding hydrogens is 591 g/mol. The van der Waals surface area contributed by atoms with Crippen LogP contribution in [0.1, 0.15) is 58.4 Å². The number of amides is 1. The van der Waals surface area contributed by atoms with Crippen molar-refractivity contribution in [2.24, 2.45) is 5.41 Å². The first-order chi connectivity index (χ1) is 21.3. The quantitative estimate of drug-likeness (QED) is 0.354. The second kappa shape index (κ2) is 10.2. The standard InChI is InChI=1S/C30H32F3N9O3/c1-19-12-21(38-9-6-28(2,16-38)42-14-20(13-34-42)30(31,32)33)15-41-25(19)36-24(37-41)26(43)40-11-8-29(18-40)7-10-39(17-29)23-5-3-4-22(35-23)27(44)45/h3-5,12-15H,6-11,16-18H2,1-2H3,(H,44,45)/t28?,29-/m1/s1. The number of carboxylic acid groups (broad SMARTS) is 1. The van der Waals surface area contributed by atoms with Gasteiger partial charge in [0, 0.05) is 50.9 Å². The predicted molar refractivity (Wildman–Crippen MR) is 156 cm³/mol. The van der Waals surface area contributed by atoms with Crippen molar-refractivity contribution in [3.63, 3.8) is 0 Å². The summed E-state index contributed by atoms with van der Waals surface area (Å²) in [5.41, 5.74) is 0.731. The summed E-state index contributed by atoms with van der Waals surface area (Å²) in [5, 5.41) is 17.9. The van der Waals surface area contributed by atoms with Crippen LogP contribution in [0, 0.1) is 12.3 Å². The number of nitrogens with zero attached hydrogens (tertiary/aromatic N) is 9. The Labute approximate surface area is 256 Å². The van der Waals surface area contributed by atoms with Gasteiger partial charge in [-0.05, 0) is 56.9 Å². The zero-order valence-corrected chi connectivity index (χ0v) is 24.8. The normalized spacial score (nSPS) is 23.6. The molecule has 1 spiro atoms. The average Bonchev–Trinajstić information content (AvgIpc) is 3.83. The Balaban J connectivity index is 1.05. The number of carbonyl (C=O) groups is 2. The number of rotatable bonds is 5. The van der Waals surface area contributed by atoms with E-state index in [-0.39, 0.29) is 22.8 Å².